The van der Waals surface area contributed by atoms with Gasteiger partial charge in [-0.25, -0.2) is 0 Å². The zero-order valence-corrected chi connectivity index (χ0v) is 16.3. The van der Waals surface area contributed by atoms with Crippen LogP contribution in [-0.4, -0.2) is 59.5 Å². The number of nitrogens with one attached hydrogen (secondary N) is 2. The van der Waals surface area contributed by atoms with Crippen LogP contribution in [0, 0.1) is 0 Å². The molecule has 25 heavy (non-hydrogen) atoms. The van der Waals surface area contributed by atoms with E-state index in [0.29, 0.717) is 31.2 Å². The average molecular weight is 367 g/mol. The molecule has 0 aliphatic carbocycles. The van der Waals surface area contributed by atoms with Gasteiger partial charge in [0.15, 0.2) is 5.96 Å². The molecule has 0 aliphatic heterocycles. The first-order valence-corrected chi connectivity index (χ1v) is 10.2. The van der Waals surface area contributed by atoms with Crippen LogP contribution in [0.15, 0.2) is 40.2 Å². The third-order valence-electron chi connectivity index (χ3n) is 3.64. The van der Waals surface area contributed by atoms with Gasteiger partial charge in [0.1, 0.15) is 0 Å². The highest BCUT2D eigenvalue weighted by Gasteiger charge is 2.09. The van der Waals surface area contributed by atoms with Crippen LogP contribution < -0.4 is 10.6 Å². The first kappa shape index (κ1) is 21.2. The molecule has 1 aromatic carbocycles. The maximum atomic E-state index is 12.2. The smallest absolute Gasteiger partial charge is 0.224 e. The Morgan fingerprint density at radius 2 is 1.80 bits per heavy atom. The first-order chi connectivity index (χ1) is 12.1. The number of hydrogen-bond acceptors (Lipinski definition) is 3. The second-order valence-corrected chi connectivity index (χ2v) is 6.94. The molecule has 0 bridgehead atoms. The Hall–Kier alpha value is -1.89. The summed E-state index contributed by atoms with van der Waals surface area (Å²) >= 11 is 0. The van der Waals surface area contributed by atoms with Gasteiger partial charge in [0.25, 0.3) is 0 Å². The summed E-state index contributed by atoms with van der Waals surface area (Å²) in [5, 5.41) is 6.30. The Morgan fingerprint density at radius 3 is 2.40 bits per heavy atom. The molecule has 7 heteroatoms. The zero-order valence-electron chi connectivity index (χ0n) is 15.5. The Labute approximate surface area is 153 Å². The van der Waals surface area contributed by atoms with E-state index in [0.717, 1.165) is 24.5 Å². The van der Waals surface area contributed by atoms with Gasteiger partial charge in [-0.15, -0.1) is 0 Å². The van der Waals surface area contributed by atoms with E-state index < -0.39 is 10.8 Å². The summed E-state index contributed by atoms with van der Waals surface area (Å²) in [6, 6.07) is 9.40. The molecule has 2 N–H and O–H groups in total. The standard InChI is InChI=1S/C18H30N4O2S/c1-4-19-18(20-13-12-17(23)22(5-2)6-3)21-14-15-25(24)16-10-8-7-9-11-16/h7-11H,4-6,12-15H2,1-3H3,(H2,19,20,21). The summed E-state index contributed by atoms with van der Waals surface area (Å²) in [7, 11) is -1.05. The molecule has 0 saturated carbocycles. The van der Waals surface area contributed by atoms with Crippen LogP contribution >= 0.6 is 0 Å². The van der Waals surface area contributed by atoms with Crippen LogP contribution in [0.2, 0.25) is 0 Å². The molecule has 0 saturated heterocycles. The van der Waals surface area contributed by atoms with Crippen molar-refractivity contribution < 1.29 is 9.00 Å². The summed E-state index contributed by atoms with van der Waals surface area (Å²) < 4.78 is 12.2. The van der Waals surface area contributed by atoms with Gasteiger partial charge in [-0.05, 0) is 32.9 Å². The van der Waals surface area contributed by atoms with Gasteiger partial charge in [0.2, 0.25) is 5.91 Å². The minimum Gasteiger partial charge on any atom is -0.357 e. The number of amides is 1. The molecule has 0 aliphatic rings. The zero-order chi connectivity index (χ0) is 18.5. The molecule has 1 amide bonds. The summed E-state index contributed by atoms with van der Waals surface area (Å²) in [5.74, 6) is 1.26. The maximum absolute atomic E-state index is 12.2. The van der Waals surface area contributed by atoms with Gasteiger partial charge in [-0.1, -0.05) is 18.2 Å². The molecule has 0 heterocycles. The van der Waals surface area contributed by atoms with Crippen LogP contribution in [0.3, 0.4) is 0 Å². The first-order valence-electron chi connectivity index (χ1n) is 8.85. The van der Waals surface area contributed by atoms with E-state index in [1.54, 1.807) is 0 Å². The molecule has 1 atom stereocenters. The lowest BCUT2D eigenvalue weighted by atomic mass is 10.3. The van der Waals surface area contributed by atoms with Crippen molar-refractivity contribution in [2.24, 2.45) is 4.99 Å². The third kappa shape index (κ3) is 8.16. The van der Waals surface area contributed by atoms with E-state index in [4.69, 9.17) is 0 Å². The molecule has 1 rings (SSSR count). The van der Waals surface area contributed by atoms with Gasteiger partial charge < -0.3 is 15.5 Å². The lowest BCUT2D eigenvalue weighted by molar-refractivity contribution is -0.130. The van der Waals surface area contributed by atoms with Crippen molar-refractivity contribution >= 4 is 22.7 Å². The van der Waals surface area contributed by atoms with Crippen molar-refractivity contribution in [3.05, 3.63) is 30.3 Å². The summed E-state index contributed by atoms with van der Waals surface area (Å²) in [6.45, 7) is 9.13. The van der Waals surface area contributed by atoms with Crippen LogP contribution in [-0.2, 0) is 15.6 Å². The molecule has 1 unspecified atom stereocenters. The van der Waals surface area contributed by atoms with Gasteiger partial charge in [0.05, 0.1) is 17.3 Å². The van der Waals surface area contributed by atoms with Crippen molar-refractivity contribution in [1.82, 2.24) is 15.5 Å². The number of nitrogens with zero attached hydrogens (tertiary/aromatic N) is 2. The number of guanidine groups is 1. The Kier molecular flexibility index (Phi) is 10.6. The van der Waals surface area contributed by atoms with Gasteiger partial charge in [-0.2, -0.15) is 0 Å². The molecule has 6 nitrogen and oxygen atoms in total. The van der Waals surface area contributed by atoms with E-state index >= 15 is 0 Å². The number of aliphatic imine (C=N–C) groups is 1. The largest absolute Gasteiger partial charge is 0.357 e. The highest BCUT2D eigenvalue weighted by atomic mass is 32.2. The molecular weight excluding hydrogens is 336 g/mol. The third-order valence-corrected chi connectivity index (χ3v) is 5.00. The molecule has 0 spiro atoms. The normalized spacial score (nSPS) is 12.5. The highest BCUT2D eigenvalue weighted by molar-refractivity contribution is 7.85. The second kappa shape index (κ2) is 12.5. The van der Waals surface area contributed by atoms with Gasteiger partial charge >= 0.3 is 0 Å². The van der Waals surface area contributed by atoms with Crippen molar-refractivity contribution in [2.75, 3.05) is 38.5 Å². The number of hydrogen-bond donors (Lipinski definition) is 2. The second-order valence-electron chi connectivity index (χ2n) is 5.37. The monoisotopic (exact) mass is 366 g/mol. The number of benzene rings is 1. The minimum absolute atomic E-state index is 0.138. The van der Waals surface area contributed by atoms with Gasteiger partial charge in [-0.3, -0.25) is 14.0 Å². The quantitative estimate of drug-likeness (QED) is 0.487. The van der Waals surface area contributed by atoms with Gasteiger partial charge in [0, 0.05) is 43.2 Å². The van der Waals surface area contributed by atoms with E-state index in [9.17, 15) is 9.00 Å². The maximum Gasteiger partial charge on any atom is 0.224 e. The van der Waals surface area contributed by atoms with Crippen LogP contribution in [0.5, 0.6) is 0 Å². The van der Waals surface area contributed by atoms with Crippen LogP contribution in [0.1, 0.15) is 27.2 Å². The van der Waals surface area contributed by atoms with Crippen molar-refractivity contribution in [3.63, 3.8) is 0 Å². The Morgan fingerprint density at radius 1 is 1.12 bits per heavy atom. The van der Waals surface area contributed by atoms with E-state index in [2.05, 4.69) is 15.6 Å². The molecule has 0 fully saturated rings. The number of carbonyl (C=O) groups is 1. The summed E-state index contributed by atoms with van der Waals surface area (Å²) in [4.78, 5) is 19.1. The molecule has 0 radical (unpaired) electrons. The van der Waals surface area contributed by atoms with Crippen molar-refractivity contribution in [3.8, 4) is 0 Å². The molecule has 0 aromatic heterocycles. The Bertz CT molecular complexity index is 559. The van der Waals surface area contributed by atoms with Crippen molar-refractivity contribution in [2.45, 2.75) is 32.1 Å². The fourth-order valence-corrected chi connectivity index (χ4v) is 3.25. The van der Waals surface area contributed by atoms with E-state index in [1.807, 2.05) is 56.0 Å². The topological polar surface area (TPSA) is 73.8 Å². The van der Waals surface area contributed by atoms with Crippen molar-refractivity contribution in [1.29, 1.82) is 0 Å². The molecule has 140 valence electrons. The average Bonchev–Trinajstić information content (AvgIpc) is 2.63. The number of carbonyl (C=O) groups excluding carboxylic acids is 1. The lowest BCUT2D eigenvalue weighted by Crippen LogP contribution is -2.40. The Balaban J connectivity index is 2.43. The van der Waals surface area contributed by atoms with Crippen LogP contribution in [0.25, 0.3) is 0 Å². The lowest BCUT2D eigenvalue weighted by Gasteiger charge is -2.19. The summed E-state index contributed by atoms with van der Waals surface area (Å²) in [6.07, 6.45) is 0.433. The highest BCUT2D eigenvalue weighted by Crippen LogP contribution is 2.05. The van der Waals surface area contributed by atoms with E-state index in [1.165, 1.54) is 0 Å². The predicted molar refractivity (Wildman–Crippen MR) is 104 cm³/mol. The van der Waals surface area contributed by atoms with E-state index in [-0.39, 0.29) is 5.91 Å². The molecule has 1 aromatic rings. The minimum atomic E-state index is -1.05. The SMILES string of the molecule is CCNC(=NCCS(=O)c1ccccc1)NCCC(=O)N(CC)CC. The number of rotatable bonds is 10. The fraction of sp³-hybridized carbons (Fsp3) is 0.556. The fourth-order valence-electron chi connectivity index (χ4n) is 2.29. The summed E-state index contributed by atoms with van der Waals surface area (Å²) in [5.41, 5.74) is 0. The van der Waals surface area contributed by atoms with Crippen LogP contribution in [0.4, 0.5) is 0 Å². The molecular formula is C18H30N4O2S. The predicted octanol–water partition coefficient (Wildman–Crippen LogP) is 1.61.